The summed E-state index contributed by atoms with van der Waals surface area (Å²) in [5, 5.41) is 0. The first-order valence-electron chi connectivity index (χ1n) is 6.18. The van der Waals surface area contributed by atoms with E-state index in [1.54, 1.807) is 0 Å². The number of rotatable bonds is 2. The summed E-state index contributed by atoms with van der Waals surface area (Å²) in [6, 6.07) is 11.8. The first kappa shape index (κ1) is 10.7. The summed E-state index contributed by atoms with van der Waals surface area (Å²) in [7, 11) is 0. The summed E-state index contributed by atoms with van der Waals surface area (Å²) in [6.45, 7) is 5.00. The molecule has 1 saturated heterocycles. The van der Waals surface area contributed by atoms with Gasteiger partial charge in [0.25, 0.3) is 0 Å². The molecule has 0 aromatic heterocycles. The number of benzene rings is 1. The Hall–Kier alpha value is -0.470. The Bertz CT molecular complexity index is 358. The second kappa shape index (κ2) is 4.08. The minimum atomic E-state index is 0.434. The first-order valence-corrected chi connectivity index (χ1v) is 7.33. The minimum absolute atomic E-state index is 0.434. The van der Waals surface area contributed by atoms with Crippen LogP contribution < -0.4 is 0 Å². The lowest BCUT2D eigenvalue weighted by atomic mass is 9.97. The van der Waals surface area contributed by atoms with E-state index in [1.165, 1.54) is 36.6 Å². The maximum Gasteiger partial charge on any atom is 0.0200 e. The molecule has 1 aromatic carbocycles. The smallest absolute Gasteiger partial charge is 0.0200 e. The largest absolute Gasteiger partial charge is 0.298 e. The van der Waals surface area contributed by atoms with Crippen molar-refractivity contribution in [3.8, 4) is 0 Å². The lowest BCUT2D eigenvalue weighted by Gasteiger charge is -2.28. The van der Waals surface area contributed by atoms with Gasteiger partial charge in [-0.25, -0.2) is 0 Å². The molecule has 2 aliphatic rings. The maximum absolute atomic E-state index is 2.70. The van der Waals surface area contributed by atoms with Crippen LogP contribution in [-0.4, -0.2) is 35.5 Å². The van der Waals surface area contributed by atoms with E-state index >= 15 is 0 Å². The third-order valence-electron chi connectivity index (χ3n) is 4.11. The highest BCUT2D eigenvalue weighted by atomic mass is 32.2. The second-order valence-corrected chi connectivity index (χ2v) is 6.38. The van der Waals surface area contributed by atoms with E-state index in [0.717, 1.165) is 6.04 Å². The normalized spacial score (nSPS) is 34.9. The Morgan fingerprint density at radius 3 is 2.56 bits per heavy atom. The fourth-order valence-corrected chi connectivity index (χ4v) is 3.82. The average molecular weight is 233 g/mol. The zero-order valence-corrected chi connectivity index (χ0v) is 10.7. The van der Waals surface area contributed by atoms with E-state index in [9.17, 15) is 0 Å². The van der Waals surface area contributed by atoms with Gasteiger partial charge in [-0.3, -0.25) is 4.90 Å². The SMILES string of the molecule is C[C@@]1(c2ccccc2)C[C@H]1N1CCSCC1. The van der Waals surface area contributed by atoms with E-state index < -0.39 is 0 Å². The summed E-state index contributed by atoms with van der Waals surface area (Å²) >= 11 is 2.10. The van der Waals surface area contributed by atoms with Gasteiger partial charge in [-0.05, 0) is 12.0 Å². The number of hydrogen-bond donors (Lipinski definition) is 0. The van der Waals surface area contributed by atoms with Crippen LogP contribution in [0.15, 0.2) is 30.3 Å². The van der Waals surface area contributed by atoms with Crippen LogP contribution in [0, 0.1) is 0 Å². The topological polar surface area (TPSA) is 3.24 Å². The lowest BCUT2D eigenvalue weighted by molar-refractivity contribution is 0.273. The predicted molar refractivity (Wildman–Crippen MR) is 71.1 cm³/mol. The van der Waals surface area contributed by atoms with Gasteiger partial charge < -0.3 is 0 Å². The molecule has 1 heterocycles. The molecule has 0 spiro atoms. The molecule has 1 nitrogen and oxygen atoms in total. The van der Waals surface area contributed by atoms with Crippen LogP contribution in [0.5, 0.6) is 0 Å². The highest BCUT2D eigenvalue weighted by molar-refractivity contribution is 7.99. The van der Waals surface area contributed by atoms with Gasteiger partial charge >= 0.3 is 0 Å². The van der Waals surface area contributed by atoms with Crippen LogP contribution in [0.4, 0.5) is 0 Å². The molecule has 86 valence electrons. The van der Waals surface area contributed by atoms with Crippen LogP contribution in [0.25, 0.3) is 0 Å². The van der Waals surface area contributed by atoms with Gasteiger partial charge in [0, 0.05) is 36.1 Å². The lowest BCUT2D eigenvalue weighted by Crippen LogP contribution is -2.37. The molecule has 0 N–H and O–H groups in total. The molecule has 0 radical (unpaired) electrons. The fourth-order valence-electron chi connectivity index (χ4n) is 2.89. The summed E-state index contributed by atoms with van der Waals surface area (Å²) < 4.78 is 0. The van der Waals surface area contributed by atoms with Crippen molar-refractivity contribution in [2.45, 2.75) is 24.8 Å². The molecule has 16 heavy (non-hydrogen) atoms. The predicted octanol–water partition coefficient (Wildman–Crippen LogP) is 2.77. The summed E-state index contributed by atoms with van der Waals surface area (Å²) in [6.07, 6.45) is 1.35. The summed E-state index contributed by atoms with van der Waals surface area (Å²) in [5.41, 5.74) is 1.96. The Morgan fingerprint density at radius 1 is 1.19 bits per heavy atom. The van der Waals surface area contributed by atoms with Gasteiger partial charge in [-0.1, -0.05) is 37.3 Å². The van der Waals surface area contributed by atoms with Gasteiger partial charge in [-0.2, -0.15) is 11.8 Å². The Morgan fingerprint density at radius 2 is 1.88 bits per heavy atom. The number of thioether (sulfide) groups is 1. The molecule has 2 heteroatoms. The summed E-state index contributed by atoms with van der Waals surface area (Å²) in [4.78, 5) is 2.70. The molecule has 1 aromatic rings. The Labute approximate surface area is 102 Å². The quantitative estimate of drug-likeness (QED) is 0.773. The van der Waals surface area contributed by atoms with Crippen LogP contribution in [0.1, 0.15) is 18.9 Å². The molecule has 2 fully saturated rings. The van der Waals surface area contributed by atoms with Gasteiger partial charge in [0.2, 0.25) is 0 Å². The molecule has 0 unspecified atom stereocenters. The van der Waals surface area contributed by atoms with E-state index in [0.29, 0.717) is 5.41 Å². The van der Waals surface area contributed by atoms with E-state index in [4.69, 9.17) is 0 Å². The number of hydrogen-bond acceptors (Lipinski definition) is 2. The fraction of sp³-hybridized carbons (Fsp3) is 0.571. The molecule has 0 bridgehead atoms. The molecule has 1 aliphatic carbocycles. The highest BCUT2D eigenvalue weighted by Gasteiger charge is 2.54. The van der Waals surface area contributed by atoms with E-state index in [2.05, 4.69) is 53.9 Å². The maximum atomic E-state index is 2.70. The van der Waals surface area contributed by atoms with Crippen molar-refractivity contribution in [2.75, 3.05) is 24.6 Å². The van der Waals surface area contributed by atoms with Crippen molar-refractivity contribution in [2.24, 2.45) is 0 Å². The molecular weight excluding hydrogens is 214 g/mol. The van der Waals surface area contributed by atoms with E-state index in [1.807, 2.05) is 0 Å². The second-order valence-electron chi connectivity index (χ2n) is 5.15. The molecule has 3 rings (SSSR count). The standard InChI is InChI=1S/C14H19NS/c1-14(12-5-3-2-4-6-12)11-13(14)15-7-9-16-10-8-15/h2-6,13H,7-11H2,1H3/t13-,14+/m1/s1. The highest BCUT2D eigenvalue weighted by Crippen LogP contribution is 2.51. The monoisotopic (exact) mass is 233 g/mol. The molecule has 2 atom stereocenters. The summed E-state index contributed by atoms with van der Waals surface area (Å²) in [5.74, 6) is 2.64. The van der Waals surface area contributed by atoms with Crippen molar-refractivity contribution in [3.05, 3.63) is 35.9 Å². The average Bonchev–Trinajstić information content (AvgIpc) is 3.06. The van der Waals surface area contributed by atoms with Crippen LogP contribution in [0.2, 0.25) is 0 Å². The van der Waals surface area contributed by atoms with Crippen molar-refractivity contribution in [3.63, 3.8) is 0 Å². The third kappa shape index (κ3) is 1.78. The van der Waals surface area contributed by atoms with Crippen molar-refractivity contribution < 1.29 is 0 Å². The van der Waals surface area contributed by atoms with E-state index in [-0.39, 0.29) is 0 Å². The zero-order chi connectivity index (χ0) is 11.0. The Kier molecular flexibility index (Phi) is 2.72. The zero-order valence-electron chi connectivity index (χ0n) is 9.86. The Balaban J connectivity index is 1.73. The third-order valence-corrected chi connectivity index (χ3v) is 5.05. The van der Waals surface area contributed by atoms with Crippen molar-refractivity contribution >= 4 is 11.8 Å². The van der Waals surface area contributed by atoms with Crippen molar-refractivity contribution in [1.82, 2.24) is 4.90 Å². The van der Waals surface area contributed by atoms with Gasteiger partial charge in [-0.15, -0.1) is 0 Å². The van der Waals surface area contributed by atoms with Crippen LogP contribution >= 0.6 is 11.8 Å². The molecular formula is C14H19NS. The van der Waals surface area contributed by atoms with Crippen LogP contribution in [-0.2, 0) is 5.41 Å². The minimum Gasteiger partial charge on any atom is -0.298 e. The molecule has 1 aliphatic heterocycles. The van der Waals surface area contributed by atoms with Crippen molar-refractivity contribution in [1.29, 1.82) is 0 Å². The van der Waals surface area contributed by atoms with Gasteiger partial charge in [0.05, 0.1) is 0 Å². The van der Waals surface area contributed by atoms with Gasteiger partial charge in [0.15, 0.2) is 0 Å². The molecule has 1 saturated carbocycles. The van der Waals surface area contributed by atoms with Gasteiger partial charge in [0.1, 0.15) is 0 Å². The number of nitrogens with zero attached hydrogens (tertiary/aromatic N) is 1. The van der Waals surface area contributed by atoms with Crippen LogP contribution in [0.3, 0.4) is 0 Å². The first-order chi connectivity index (χ1) is 7.81. The molecule has 0 amide bonds.